The molecule has 0 spiro atoms. The summed E-state index contributed by atoms with van der Waals surface area (Å²) in [6.45, 7) is 4.51. The van der Waals surface area contributed by atoms with E-state index >= 15 is 0 Å². The van der Waals surface area contributed by atoms with E-state index in [0.29, 0.717) is 6.54 Å². The molecule has 66 valence electrons. The van der Waals surface area contributed by atoms with Crippen LogP contribution in [0.5, 0.6) is 0 Å². The van der Waals surface area contributed by atoms with Crippen molar-refractivity contribution >= 4 is 6.08 Å². The first-order valence-electron chi connectivity index (χ1n) is 4.05. The zero-order valence-corrected chi connectivity index (χ0v) is 7.50. The quantitative estimate of drug-likeness (QED) is 0.742. The Hall–Kier alpha value is -1.09. The van der Waals surface area contributed by atoms with Crippen LogP contribution in [0.15, 0.2) is 10.6 Å². The van der Waals surface area contributed by atoms with Crippen molar-refractivity contribution in [3.8, 4) is 0 Å². The van der Waals surface area contributed by atoms with E-state index in [9.17, 15) is 0 Å². The van der Waals surface area contributed by atoms with Gasteiger partial charge in [-0.2, -0.15) is 0 Å². The van der Waals surface area contributed by atoms with Gasteiger partial charge in [0.2, 0.25) is 0 Å². The van der Waals surface area contributed by atoms with Gasteiger partial charge in [0.05, 0.1) is 5.69 Å². The first-order valence-corrected chi connectivity index (χ1v) is 4.05. The molecule has 3 nitrogen and oxygen atoms in total. The van der Waals surface area contributed by atoms with Crippen molar-refractivity contribution in [1.29, 1.82) is 0 Å². The highest BCUT2D eigenvalue weighted by atomic mass is 16.5. The van der Waals surface area contributed by atoms with Crippen LogP contribution in [-0.4, -0.2) is 11.7 Å². The van der Waals surface area contributed by atoms with E-state index in [2.05, 4.69) is 5.16 Å². The molecule has 1 aromatic heterocycles. The third kappa shape index (κ3) is 1.95. The van der Waals surface area contributed by atoms with Gasteiger partial charge in [-0.3, -0.25) is 0 Å². The van der Waals surface area contributed by atoms with E-state index < -0.39 is 0 Å². The van der Waals surface area contributed by atoms with Crippen molar-refractivity contribution in [1.82, 2.24) is 5.16 Å². The number of nitrogens with zero attached hydrogens (tertiary/aromatic N) is 1. The van der Waals surface area contributed by atoms with Crippen molar-refractivity contribution in [2.24, 2.45) is 5.73 Å². The van der Waals surface area contributed by atoms with Crippen LogP contribution < -0.4 is 5.73 Å². The highest BCUT2D eigenvalue weighted by Gasteiger charge is 2.03. The average Bonchev–Trinajstić information content (AvgIpc) is 2.35. The summed E-state index contributed by atoms with van der Waals surface area (Å²) in [5, 5.41) is 3.84. The molecule has 0 fully saturated rings. The largest absolute Gasteiger partial charge is 0.361 e. The summed E-state index contributed by atoms with van der Waals surface area (Å²) in [4.78, 5) is 0. The lowest BCUT2D eigenvalue weighted by molar-refractivity contribution is 0.393. The number of hydrogen-bond acceptors (Lipinski definition) is 3. The summed E-state index contributed by atoms with van der Waals surface area (Å²) < 4.78 is 4.99. The maximum Gasteiger partial charge on any atom is 0.141 e. The molecule has 0 bridgehead atoms. The van der Waals surface area contributed by atoms with Gasteiger partial charge in [0.15, 0.2) is 0 Å². The molecule has 1 aromatic rings. The predicted molar refractivity (Wildman–Crippen MR) is 48.7 cm³/mol. The fourth-order valence-electron chi connectivity index (χ4n) is 1.03. The van der Waals surface area contributed by atoms with Crippen molar-refractivity contribution < 1.29 is 4.52 Å². The van der Waals surface area contributed by atoms with Crippen LogP contribution in [0.3, 0.4) is 0 Å². The van der Waals surface area contributed by atoms with Crippen LogP contribution in [-0.2, 0) is 0 Å². The molecule has 0 aromatic carbocycles. The Morgan fingerprint density at radius 2 is 2.25 bits per heavy atom. The van der Waals surface area contributed by atoms with E-state index in [1.54, 1.807) is 0 Å². The first-order chi connectivity index (χ1) is 5.75. The van der Waals surface area contributed by atoms with Gasteiger partial charge in [0.1, 0.15) is 5.76 Å². The number of aryl methyl sites for hydroxylation is 2. The molecule has 0 amide bonds. The zero-order chi connectivity index (χ0) is 8.97. The Morgan fingerprint density at radius 3 is 2.75 bits per heavy atom. The Morgan fingerprint density at radius 1 is 1.50 bits per heavy atom. The lowest BCUT2D eigenvalue weighted by Gasteiger charge is -1.88. The second kappa shape index (κ2) is 4.07. The molecule has 0 aliphatic carbocycles. The highest BCUT2D eigenvalue weighted by molar-refractivity contribution is 5.53. The van der Waals surface area contributed by atoms with E-state index in [0.717, 1.165) is 23.4 Å². The fraction of sp³-hybridized carbons (Fsp3) is 0.444. The summed E-state index contributed by atoms with van der Waals surface area (Å²) in [5.41, 5.74) is 7.36. The molecule has 2 N–H and O–H groups in total. The third-order valence-corrected chi connectivity index (χ3v) is 1.71. The molecule has 1 heterocycles. The number of rotatable bonds is 3. The Bertz CT molecular complexity index is 257. The smallest absolute Gasteiger partial charge is 0.141 e. The Balaban J connectivity index is 2.73. The molecular formula is C9H14N2O. The van der Waals surface area contributed by atoms with Crippen LogP contribution in [0.2, 0.25) is 0 Å². The van der Waals surface area contributed by atoms with Gasteiger partial charge in [0, 0.05) is 5.56 Å². The van der Waals surface area contributed by atoms with Gasteiger partial charge in [-0.25, -0.2) is 0 Å². The molecule has 0 unspecified atom stereocenters. The minimum Gasteiger partial charge on any atom is -0.361 e. The monoisotopic (exact) mass is 166 g/mol. The SMILES string of the molecule is Cc1noc(C)c1C=CCCN. The molecule has 0 radical (unpaired) electrons. The molecule has 0 aliphatic rings. The van der Waals surface area contributed by atoms with E-state index in [4.69, 9.17) is 10.3 Å². The third-order valence-electron chi connectivity index (χ3n) is 1.71. The minimum absolute atomic E-state index is 0.680. The van der Waals surface area contributed by atoms with E-state index in [-0.39, 0.29) is 0 Å². The van der Waals surface area contributed by atoms with Gasteiger partial charge < -0.3 is 10.3 Å². The fourth-order valence-corrected chi connectivity index (χ4v) is 1.03. The van der Waals surface area contributed by atoms with Gasteiger partial charge in [-0.05, 0) is 26.8 Å². The van der Waals surface area contributed by atoms with Crippen LogP contribution in [0.25, 0.3) is 6.08 Å². The molecular weight excluding hydrogens is 152 g/mol. The second-order valence-electron chi connectivity index (χ2n) is 2.72. The minimum atomic E-state index is 0.680. The predicted octanol–water partition coefficient (Wildman–Crippen LogP) is 1.65. The average molecular weight is 166 g/mol. The maximum absolute atomic E-state index is 5.35. The molecule has 0 saturated carbocycles. The number of nitrogens with two attached hydrogens (primary N) is 1. The van der Waals surface area contributed by atoms with Gasteiger partial charge in [0.25, 0.3) is 0 Å². The summed E-state index contributed by atoms with van der Waals surface area (Å²) in [6, 6.07) is 0. The second-order valence-corrected chi connectivity index (χ2v) is 2.72. The lowest BCUT2D eigenvalue weighted by atomic mass is 10.2. The molecule has 12 heavy (non-hydrogen) atoms. The van der Waals surface area contributed by atoms with Gasteiger partial charge in [-0.1, -0.05) is 17.3 Å². The zero-order valence-electron chi connectivity index (χ0n) is 7.50. The summed E-state index contributed by atoms with van der Waals surface area (Å²) >= 11 is 0. The van der Waals surface area contributed by atoms with Crippen LogP contribution in [0.1, 0.15) is 23.4 Å². The van der Waals surface area contributed by atoms with Gasteiger partial charge >= 0.3 is 0 Å². The molecule has 0 saturated heterocycles. The van der Waals surface area contributed by atoms with Crippen molar-refractivity contribution in [2.45, 2.75) is 20.3 Å². The van der Waals surface area contributed by atoms with Gasteiger partial charge in [-0.15, -0.1) is 0 Å². The summed E-state index contributed by atoms with van der Waals surface area (Å²) in [5.74, 6) is 0.862. The summed E-state index contributed by atoms with van der Waals surface area (Å²) in [6.07, 6.45) is 4.94. The van der Waals surface area contributed by atoms with Crippen LogP contribution in [0.4, 0.5) is 0 Å². The number of aromatic nitrogens is 1. The Kier molecular flexibility index (Phi) is 3.05. The number of hydrogen-bond donors (Lipinski definition) is 1. The van der Waals surface area contributed by atoms with Crippen molar-refractivity contribution in [3.05, 3.63) is 23.1 Å². The molecule has 3 heteroatoms. The van der Waals surface area contributed by atoms with Crippen LogP contribution >= 0.6 is 0 Å². The highest BCUT2D eigenvalue weighted by Crippen LogP contribution is 2.13. The van der Waals surface area contributed by atoms with Crippen LogP contribution in [0, 0.1) is 13.8 Å². The standard InChI is InChI=1S/C9H14N2O/c1-7-9(5-3-4-6-10)8(2)12-11-7/h3,5H,4,6,10H2,1-2H3. The van der Waals surface area contributed by atoms with E-state index in [1.165, 1.54) is 0 Å². The lowest BCUT2D eigenvalue weighted by Crippen LogP contribution is -1.95. The van der Waals surface area contributed by atoms with Crippen molar-refractivity contribution in [3.63, 3.8) is 0 Å². The molecule has 0 aliphatic heterocycles. The Labute approximate surface area is 72.2 Å². The summed E-state index contributed by atoms with van der Waals surface area (Å²) in [7, 11) is 0. The van der Waals surface area contributed by atoms with Crippen molar-refractivity contribution in [2.75, 3.05) is 6.54 Å². The van der Waals surface area contributed by atoms with E-state index in [1.807, 2.05) is 26.0 Å². The molecule has 0 atom stereocenters. The topological polar surface area (TPSA) is 52.0 Å². The maximum atomic E-state index is 5.35. The molecule has 1 rings (SSSR count). The normalized spacial score (nSPS) is 11.2. The first kappa shape index (κ1) is 9.00.